The third kappa shape index (κ3) is 4.57. The maximum absolute atomic E-state index is 12.1. The van der Waals surface area contributed by atoms with Crippen molar-refractivity contribution < 1.29 is 19.1 Å². The van der Waals surface area contributed by atoms with Crippen molar-refractivity contribution in [2.75, 3.05) is 0 Å². The van der Waals surface area contributed by atoms with E-state index in [1.807, 2.05) is 54.6 Å². The summed E-state index contributed by atoms with van der Waals surface area (Å²) in [6.07, 6.45) is 0. The van der Waals surface area contributed by atoms with E-state index >= 15 is 0 Å². The summed E-state index contributed by atoms with van der Waals surface area (Å²) in [6, 6.07) is 24.0. The van der Waals surface area contributed by atoms with E-state index in [2.05, 4.69) is 0 Å². The molecule has 0 fully saturated rings. The first-order chi connectivity index (χ1) is 12.6. The molecule has 0 saturated carbocycles. The fraction of sp³-hybridized carbons (Fsp3) is 0.0909. The molecule has 26 heavy (non-hydrogen) atoms. The molecule has 130 valence electrons. The third-order valence-electron chi connectivity index (χ3n) is 3.78. The van der Waals surface area contributed by atoms with Crippen LogP contribution in [0, 0.1) is 0 Å². The van der Waals surface area contributed by atoms with Crippen molar-refractivity contribution in [3.63, 3.8) is 0 Å². The van der Waals surface area contributed by atoms with E-state index in [9.17, 15) is 9.59 Å². The quantitative estimate of drug-likeness (QED) is 0.499. The van der Waals surface area contributed by atoms with Crippen LogP contribution in [0.25, 0.3) is 11.1 Å². The minimum Gasteiger partial charge on any atom is -0.457 e. The molecule has 0 heterocycles. The van der Waals surface area contributed by atoms with Crippen LogP contribution < -0.4 is 4.74 Å². The highest BCUT2D eigenvalue weighted by atomic mass is 16.5. The molecule has 0 saturated heterocycles. The summed E-state index contributed by atoms with van der Waals surface area (Å²) in [7, 11) is 0. The van der Waals surface area contributed by atoms with Crippen LogP contribution in [0.2, 0.25) is 0 Å². The Morgan fingerprint density at radius 2 is 1.35 bits per heavy atom. The van der Waals surface area contributed by atoms with Crippen LogP contribution >= 0.6 is 0 Å². The van der Waals surface area contributed by atoms with E-state index in [0.717, 1.165) is 16.7 Å². The Kier molecular flexibility index (Phi) is 5.44. The van der Waals surface area contributed by atoms with Gasteiger partial charge in [-0.1, -0.05) is 54.6 Å². The molecule has 0 N–H and O–H groups in total. The molecule has 0 amide bonds. The van der Waals surface area contributed by atoms with Gasteiger partial charge in [-0.3, -0.25) is 4.79 Å². The maximum atomic E-state index is 12.1. The van der Waals surface area contributed by atoms with Crippen LogP contribution in [-0.2, 0) is 16.1 Å². The number of carbonyl (C=O) groups excluding carboxylic acids is 2. The van der Waals surface area contributed by atoms with Crippen LogP contribution in [0.5, 0.6) is 5.75 Å². The Morgan fingerprint density at radius 3 is 1.92 bits per heavy atom. The fourth-order valence-corrected chi connectivity index (χ4v) is 2.49. The molecule has 4 nitrogen and oxygen atoms in total. The summed E-state index contributed by atoms with van der Waals surface area (Å²) in [5, 5.41) is 0. The Morgan fingerprint density at radius 1 is 0.769 bits per heavy atom. The SMILES string of the molecule is CC(=O)Oc1ccc(-c2ccc(C(=O)OCc3ccccc3)cc2)cc1. The zero-order valence-electron chi connectivity index (χ0n) is 14.3. The summed E-state index contributed by atoms with van der Waals surface area (Å²) >= 11 is 0. The van der Waals surface area contributed by atoms with E-state index in [-0.39, 0.29) is 18.5 Å². The van der Waals surface area contributed by atoms with E-state index in [1.165, 1.54) is 6.92 Å². The lowest BCUT2D eigenvalue weighted by molar-refractivity contribution is -0.131. The molecule has 0 unspecified atom stereocenters. The van der Waals surface area contributed by atoms with Crippen molar-refractivity contribution in [2.45, 2.75) is 13.5 Å². The number of ether oxygens (including phenoxy) is 2. The molecule has 0 spiro atoms. The van der Waals surface area contributed by atoms with E-state index in [1.54, 1.807) is 24.3 Å². The number of carbonyl (C=O) groups is 2. The first-order valence-electron chi connectivity index (χ1n) is 8.22. The molecule has 3 rings (SSSR count). The summed E-state index contributed by atoms with van der Waals surface area (Å²) < 4.78 is 10.3. The van der Waals surface area contributed by atoms with E-state index in [4.69, 9.17) is 9.47 Å². The highest BCUT2D eigenvalue weighted by Gasteiger charge is 2.08. The van der Waals surface area contributed by atoms with Crippen LogP contribution in [0.15, 0.2) is 78.9 Å². The number of esters is 2. The number of hydrogen-bond donors (Lipinski definition) is 0. The van der Waals surface area contributed by atoms with Crippen LogP contribution in [0.3, 0.4) is 0 Å². The molecule has 0 aliphatic heterocycles. The van der Waals surface area contributed by atoms with Crippen molar-refractivity contribution >= 4 is 11.9 Å². The summed E-state index contributed by atoms with van der Waals surface area (Å²) in [5.41, 5.74) is 3.37. The van der Waals surface area contributed by atoms with Gasteiger partial charge in [0.25, 0.3) is 0 Å². The topological polar surface area (TPSA) is 52.6 Å². The predicted octanol–water partition coefficient (Wildman–Crippen LogP) is 4.64. The van der Waals surface area contributed by atoms with Gasteiger partial charge in [0, 0.05) is 6.92 Å². The zero-order chi connectivity index (χ0) is 18.4. The molecular formula is C22H18O4. The van der Waals surface area contributed by atoms with Crippen molar-refractivity contribution in [2.24, 2.45) is 0 Å². The van der Waals surface area contributed by atoms with Gasteiger partial charge >= 0.3 is 11.9 Å². The highest BCUT2D eigenvalue weighted by molar-refractivity contribution is 5.90. The first kappa shape index (κ1) is 17.4. The van der Waals surface area contributed by atoms with Gasteiger partial charge in [0.05, 0.1) is 5.56 Å². The van der Waals surface area contributed by atoms with Crippen molar-refractivity contribution in [3.05, 3.63) is 90.0 Å². The minimum atomic E-state index is -0.356. The highest BCUT2D eigenvalue weighted by Crippen LogP contribution is 2.23. The summed E-state index contributed by atoms with van der Waals surface area (Å²) in [5.74, 6) is -0.205. The molecule has 4 heteroatoms. The summed E-state index contributed by atoms with van der Waals surface area (Å²) in [4.78, 5) is 23.1. The lowest BCUT2D eigenvalue weighted by Crippen LogP contribution is -2.05. The normalized spacial score (nSPS) is 10.2. The van der Waals surface area contributed by atoms with Crippen molar-refractivity contribution in [1.82, 2.24) is 0 Å². The van der Waals surface area contributed by atoms with E-state index in [0.29, 0.717) is 11.3 Å². The Bertz CT molecular complexity index is 882. The number of hydrogen-bond acceptors (Lipinski definition) is 4. The standard InChI is InChI=1S/C22H18O4/c1-16(23)26-21-13-11-19(12-14-21)18-7-9-20(10-8-18)22(24)25-15-17-5-3-2-4-6-17/h2-14H,15H2,1H3. The Hall–Kier alpha value is -3.40. The van der Waals surface area contributed by atoms with Crippen LogP contribution in [0.1, 0.15) is 22.8 Å². The molecule has 0 aliphatic rings. The van der Waals surface area contributed by atoms with Crippen molar-refractivity contribution in [3.8, 4) is 16.9 Å². The van der Waals surface area contributed by atoms with Crippen LogP contribution in [-0.4, -0.2) is 11.9 Å². The van der Waals surface area contributed by atoms with Crippen LogP contribution in [0.4, 0.5) is 0 Å². The maximum Gasteiger partial charge on any atom is 0.338 e. The second kappa shape index (κ2) is 8.12. The van der Waals surface area contributed by atoms with Crippen molar-refractivity contribution in [1.29, 1.82) is 0 Å². The molecule has 0 aliphatic carbocycles. The lowest BCUT2D eigenvalue weighted by Gasteiger charge is -2.07. The van der Waals surface area contributed by atoms with Gasteiger partial charge in [-0.25, -0.2) is 4.79 Å². The Balaban J connectivity index is 1.64. The van der Waals surface area contributed by atoms with Gasteiger partial charge in [-0.15, -0.1) is 0 Å². The molecule has 3 aromatic carbocycles. The number of benzene rings is 3. The van der Waals surface area contributed by atoms with Gasteiger partial charge in [-0.05, 0) is 41.0 Å². The number of rotatable bonds is 5. The lowest BCUT2D eigenvalue weighted by atomic mass is 10.0. The molecule has 0 bridgehead atoms. The average Bonchev–Trinajstić information content (AvgIpc) is 2.67. The molecule has 0 radical (unpaired) electrons. The molecular weight excluding hydrogens is 328 g/mol. The molecule has 0 aromatic heterocycles. The van der Waals surface area contributed by atoms with Gasteiger partial charge in [0.2, 0.25) is 0 Å². The predicted molar refractivity (Wildman–Crippen MR) is 98.7 cm³/mol. The summed E-state index contributed by atoms with van der Waals surface area (Å²) in [6.45, 7) is 1.61. The van der Waals surface area contributed by atoms with E-state index < -0.39 is 0 Å². The van der Waals surface area contributed by atoms with Gasteiger partial charge in [0.1, 0.15) is 12.4 Å². The van der Waals surface area contributed by atoms with Gasteiger partial charge in [0.15, 0.2) is 0 Å². The smallest absolute Gasteiger partial charge is 0.338 e. The fourth-order valence-electron chi connectivity index (χ4n) is 2.49. The monoisotopic (exact) mass is 346 g/mol. The third-order valence-corrected chi connectivity index (χ3v) is 3.78. The van der Waals surface area contributed by atoms with Gasteiger partial charge in [-0.2, -0.15) is 0 Å². The minimum absolute atomic E-state index is 0.249. The average molecular weight is 346 g/mol. The first-order valence-corrected chi connectivity index (χ1v) is 8.22. The van der Waals surface area contributed by atoms with Gasteiger partial charge < -0.3 is 9.47 Å². The Labute approximate surface area is 152 Å². The second-order valence-electron chi connectivity index (χ2n) is 5.76. The zero-order valence-corrected chi connectivity index (χ0v) is 14.3. The largest absolute Gasteiger partial charge is 0.457 e. The second-order valence-corrected chi connectivity index (χ2v) is 5.76. The molecule has 0 atom stereocenters. The molecule has 3 aromatic rings.